The van der Waals surface area contributed by atoms with Gasteiger partial charge in [0.15, 0.2) is 0 Å². The lowest BCUT2D eigenvalue weighted by Crippen LogP contribution is -2.39. The summed E-state index contributed by atoms with van der Waals surface area (Å²) in [6.45, 7) is 3.20. The van der Waals surface area contributed by atoms with Crippen molar-refractivity contribution in [3.63, 3.8) is 0 Å². The highest BCUT2D eigenvalue weighted by Crippen LogP contribution is 2.25. The third-order valence-electron chi connectivity index (χ3n) is 5.91. The Labute approximate surface area is 163 Å². The Morgan fingerprint density at radius 2 is 1.74 bits per heavy atom. The molecular formula is C20H33N3O3S. The predicted octanol–water partition coefficient (Wildman–Crippen LogP) is 3.29. The van der Waals surface area contributed by atoms with E-state index < -0.39 is 10.0 Å². The van der Waals surface area contributed by atoms with Gasteiger partial charge in [0.05, 0.1) is 0 Å². The number of sulfonamides is 1. The third-order valence-corrected chi connectivity index (χ3v) is 7.74. The Bertz CT molecular complexity index is 749. The molecule has 0 aromatic carbocycles. The Morgan fingerprint density at radius 1 is 1.07 bits per heavy atom. The molecule has 1 aliphatic heterocycles. The molecule has 6 nitrogen and oxygen atoms in total. The molecule has 1 aromatic heterocycles. The molecule has 1 aliphatic carbocycles. The first-order valence-corrected chi connectivity index (χ1v) is 11.8. The van der Waals surface area contributed by atoms with Crippen molar-refractivity contribution in [2.24, 2.45) is 13.0 Å². The number of aromatic nitrogens is 1. The summed E-state index contributed by atoms with van der Waals surface area (Å²) in [6, 6.07) is 1.73. The standard InChI is InChI=1S/C20H33N3O3S/c1-16-9-8-12-23(14-16)27(25,26)18-13-19(22(2)15-18)20(24)21-17-10-6-4-3-5-7-11-17/h13,15-17H,3-12,14H2,1-2H3,(H,21,24)/t16-/m1/s1. The number of rotatable bonds is 4. The highest BCUT2D eigenvalue weighted by atomic mass is 32.2. The van der Waals surface area contributed by atoms with E-state index in [1.165, 1.54) is 25.3 Å². The molecule has 0 radical (unpaired) electrons. The summed E-state index contributed by atoms with van der Waals surface area (Å²) in [6.07, 6.45) is 11.6. The lowest BCUT2D eigenvalue weighted by atomic mass is 9.96. The topological polar surface area (TPSA) is 71.4 Å². The van der Waals surface area contributed by atoms with E-state index in [0.29, 0.717) is 24.7 Å². The van der Waals surface area contributed by atoms with Crippen molar-refractivity contribution in [2.75, 3.05) is 13.1 Å². The summed E-state index contributed by atoms with van der Waals surface area (Å²) < 4.78 is 29.2. The van der Waals surface area contributed by atoms with E-state index in [1.807, 2.05) is 0 Å². The van der Waals surface area contributed by atoms with Gasteiger partial charge in [-0.05, 0) is 37.7 Å². The van der Waals surface area contributed by atoms with Crippen LogP contribution in [-0.4, -0.2) is 42.3 Å². The van der Waals surface area contributed by atoms with Gasteiger partial charge in [-0.25, -0.2) is 8.42 Å². The van der Waals surface area contributed by atoms with Crippen molar-refractivity contribution < 1.29 is 13.2 Å². The van der Waals surface area contributed by atoms with E-state index in [1.54, 1.807) is 22.1 Å². The summed E-state index contributed by atoms with van der Waals surface area (Å²) in [5, 5.41) is 3.13. The highest BCUT2D eigenvalue weighted by Gasteiger charge is 2.30. The first-order chi connectivity index (χ1) is 12.9. The number of nitrogens with one attached hydrogen (secondary N) is 1. The first-order valence-electron chi connectivity index (χ1n) is 10.4. The highest BCUT2D eigenvalue weighted by molar-refractivity contribution is 7.89. The lowest BCUT2D eigenvalue weighted by molar-refractivity contribution is 0.0922. The number of carbonyl (C=O) groups is 1. The van der Waals surface area contributed by atoms with Crippen LogP contribution in [0.15, 0.2) is 17.2 Å². The summed E-state index contributed by atoms with van der Waals surface area (Å²) in [7, 11) is -1.80. The molecule has 1 N–H and O–H groups in total. The molecule has 1 atom stereocenters. The Hall–Kier alpha value is -1.34. The maximum absolute atomic E-state index is 13.0. The molecule has 1 saturated heterocycles. The number of carbonyl (C=O) groups excluding carboxylic acids is 1. The fraction of sp³-hybridized carbons (Fsp3) is 0.750. The van der Waals surface area contributed by atoms with Crippen molar-refractivity contribution in [1.29, 1.82) is 0 Å². The maximum Gasteiger partial charge on any atom is 0.268 e. The van der Waals surface area contributed by atoms with Crippen molar-refractivity contribution in [3.8, 4) is 0 Å². The second kappa shape index (κ2) is 8.78. The van der Waals surface area contributed by atoms with Gasteiger partial charge >= 0.3 is 0 Å². The van der Waals surface area contributed by atoms with E-state index in [2.05, 4.69) is 12.2 Å². The first kappa shape index (κ1) is 20.4. The van der Waals surface area contributed by atoms with E-state index in [0.717, 1.165) is 38.5 Å². The number of aryl methyl sites for hydroxylation is 1. The van der Waals surface area contributed by atoms with Crippen LogP contribution in [0.5, 0.6) is 0 Å². The Kier molecular flexibility index (Phi) is 6.63. The number of hydrogen-bond acceptors (Lipinski definition) is 3. The predicted molar refractivity (Wildman–Crippen MR) is 106 cm³/mol. The molecule has 3 rings (SSSR count). The van der Waals surface area contributed by atoms with E-state index >= 15 is 0 Å². The van der Waals surface area contributed by atoms with Crippen LogP contribution in [0.2, 0.25) is 0 Å². The van der Waals surface area contributed by atoms with Gasteiger partial charge in [-0.15, -0.1) is 0 Å². The average Bonchev–Trinajstić information content (AvgIpc) is 3.00. The number of hydrogen-bond donors (Lipinski definition) is 1. The molecular weight excluding hydrogens is 362 g/mol. The molecule has 7 heteroatoms. The van der Waals surface area contributed by atoms with Crippen LogP contribution in [-0.2, 0) is 17.1 Å². The smallest absolute Gasteiger partial charge is 0.268 e. The van der Waals surface area contributed by atoms with Crippen molar-refractivity contribution in [1.82, 2.24) is 14.2 Å². The fourth-order valence-electron chi connectivity index (χ4n) is 4.27. The Morgan fingerprint density at radius 3 is 2.41 bits per heavy atom. The maximum atomic E-state index is 13.0. The van der Waals surface area contributed by atoms with Gasteiger partial charge in [-0.3, -0.25) is 4.79 Å². The summed E-state index contributed by atoms with van der Waals surface area (Å²) in [5.41, 5.74) is 0.417. The minimum atomic E-state index is -3.54. The number of amides is 1. The van der Waals surface area contributed by atoms with Crippen LogP contribution in [0.4, 0.5) is 0 Å². The van der Waals surface area contributed by atoms with Crippen molar-refractivity contribution >= 4 is 15.9 Å². The van der Waals surface area contributed by atoms with Gasteiger partial charge in [0.25, 0.3) is 5.91 Å². The van der Waals surface area contributed by atoms with Crippen LogP contribution in [0, 0.1) is 5.92 Å². The minimum absolute atomic E-state index is 0.170. The third kappa shape index (κ3) is 4.93. The monoisotopic (exact) mass is 395 g/mol. The van der Waals surface area contributed by atoms with E-state index in [9.17, 15) is 13.2 Å². The molecule has 1 aromatic rings. The second-order valence-corrected chi connectivity index (χ2v) is 10.2. The van der Waals surface area contributed by atoms with Crippen LogP contribution >= 0.6 is 0 Å². The second-order valence-electron chi connectivity index (χ2n) is 8.30. The van der Waals surface area contributed by atoms with Crippen molar-refractivity contribution in [2.45, 2.75) is 75.6 Å². The molecule has 152 valence electrons. The molecule has 0 spiro atoms. The van der Waals surface area contributed by atoms with Crippen LogP contribution in [0.3, 0.4) is 0 Å². The molecule has 2 heterocycles. The number of piperidine rings is 1. The van der Waals surface area contributed by atoms with Gasteiger partial charge in [-0.1, -0.05) is 39.0 Å². The molecule has 27 heavy (non-hydrogen) atoms. The zero-order valence-corrected chi connectivity index (χ0v) is 17.4. The van der Waals surface area contributed by atoms with Gasteiger partial charge in [0.2, 0.25) is 10.0 Å². The zero-order valence-electron chi connectivity index (χ0n) is 16.6. The molecule has 2 aliphatic rings. The van der Waals surface area contributed by atoms with E-state index in [-0.39, 0.29) is 16.8 Å². The van der Waals surface area contributed by atoms with E-state index in [4.69, 9.17) is 0 Å². The van der Waals surface area contributed by atoms with Crippen LogP contribution in [0.25, 0.3) is 0 Å². The van der Waals surface area contributed by atoms with Crippen LogP contribution < -0.4 is 5.32 Å². The zero-order chi connectivity index (χ0) is 19.4. The average molecular weight is 396 g/mol. The fourth-order valence-corrected chi connectivity index (χ4v) is 5.94. The SMILES string of the molecule is C[C@@H]1CCCN(S(=O)(=O)c2cc(C(=O)NC3CCCCCCC3)n(C)c2)C1. The van der Waals surface area contributed by atoms with Gasteiger partial charge in [0, 0.05) is 32.4 Å². The summed E-state index contributed by atoms with van der Waals surface area (Å²) >= 11 is 0. The summed E-state index contributed by atoms with van der Waals surface area (Å²) in [5.74, 6) is 0.205. The number of nitrogens with zero attached hydrogens (tertiary/aromatic N) is 2. The van der Waals surface area contributed by atoms with Crippen LogP contribution in [0.1, 0.15) is 75.2 Å². The van der Waals surface area contributed by atoms with Gasteiger partial charge < -0.3 is 9.88 Å². The minimum Gasteiger partial charge on any atom is -0.348 e. The van der Waals surface area contributed by atoms with Crippen molar-refractivity contribution in [3.05, 3.63) is 18.0 Å². The molecule has 0 unspecified atom stereocenters. The summed E-state index contributed by atoms with van der Waals surface area (Å²) in [4.78, 5) is 13.0. The molecule has 1 amide bonds. The Balaban J connectivity index is 1.72. The largest absolute Gasteiger partial charge is 0.348 e. The normalized spacial score (nSPS) is 23.6. The van der Waals surface area contributed by atoms with Gasteiger partial charge in [-0.2, -0.15) is 4.31 Å². The quantitative estimate of drug-likeness (QED) is 0.850. The molecule has 2 fully saturated rings. The molecule has 1 saturated carbocycles. The lowest BCUT2D eigenvalue weighted by Gasteiger charge is -2.29. The van der Waals surface area contributed by atoms with Gasteiger partial charge in [0.1, 0.15) is 10.6 Å². The molecule has 0 bridgehead atoms.